The maximum absolute atomic E-state index is 12.2. The SMILES string of the molecule is CO[C@H]1CN(C(C)C)C[C@@H]1NCC(=O)NC1CCCCCCC1. The van der Waals surface area contributed by atoms with Crippen LogP contribution in [0.2, 0.25) is 0 Å². The Balaban J connectivity index is 1.72. The van der Waals surface area contributed by atoms with Gasteiger partial charge in [0.25, 0.3) is 0 Å². The van der Waals surface area contributed by atoms with Crippen LogP contribution < -0.4 is 10.6 Å². The van der Waals surface area contributed by atoms with Crippen LogP contribution in [0.3, 0.4) is 0 Å². The lowest BCUT2D eigenvalue weighted by molar-refractivity contribution is -0.121. The van der Waals surface area contributed by atoms with Crippen LogP contribution in [0, 0.1) is 0 Å². The van der Waals surface area contributed by atoms with Crippen molar-refractivity contribution < 1.29 is 9.53 Å². The van der Waals surface area contributed by atoms with Gasteiger partial charge in [-0.1, -0.05) is 32.1 Å². The second kappa shape index (κ2) is 9.60. The van der Waals surface area contributed by atoms with E-state index in [0.717, 1.165) is 25.9 Å². The third-order valence-electron chi connectivity index (χ3n) is 5.32. The molecule has 0 aromatic heterocycles. The van der Waals surface area contributed by atoms with Crippen molar-refractivity contribution in [1.29, 1.82) is 0 Å². The first kappa shape index (κ1) is 18.7. The van der Waals surface area contributed by atoms with E-state index in [1.54, 1.807) is 7.11 Å². The molecule has 1 saturated carbocycles. The molecular weight excluding hydrogens is 290 g/mol. The summed E-state index contributed by atoms with van der Waals surface area (Å²) in [6.07, 6.45) is 8.92. The second-order valence-electron chi connectivity index (χ2n) is 7.42. The number of carbonyl (C=O) groups is 1. The molecule has 1 saturated heterocycles. The molecule has 1 heterocycles. The first-order chi connectivity index (χ1) is 11.1. The van der Waals surface area contributed by atoms with Crippen LogP contribution in [0.4, 0.5) is 0 Å². The molecule has 5 nitrogen and oxygen atoms in total. The van der Waals surface area contributed by atoms with E-state index in [2.05, 4.69) is 29.4 Å². The first-order valence-corrected chi connectivity index (χ1v) is 9.39. The summed E-state index contributed by atoms with van der Waals surface area (Å²) in [6.45, 7) is 6.70. The van der Waals surface area contributed by atoms with Crippen molar-refractivity contribution in [3.63, 3.8) is 0 Å². The van der Waals surface area contributed by atoms with E-state index >= 15 is 0 Å². The minimum absolute atomic E-state index is 0.133. The Morgan fingerprint density at radius 1 is 1.13 bits per heavy atom. The van der Waals surface area contributed by atoms with Gasteiger partial charge >= 0.3 is 0 Å². The van der Waals surface area contributed by atoms with Gasteiger partial charge in [0.2, 0.25) is 5.91 Å². The fourth-order valence-electron chi connectivity index (χ4n) is 3.76. The molecule has 134 valence electrons. The van der Waals surface area contributed by atoms with Gasteiger partial charge in [-0.05, 0) is 26.7 Å². The molecule has 2 fully saturated rings. The summed E-state index contributed by atoms with van der Waals surface area (Å²) in [7, 11) is 1.76. The highest BCUT2D eigenvalue weighted by atomic mass is 16.5. The molecule has 2 atom stereocenters. The molecule has 0 spiro atoms. The highest BCUT2D eigenvalue weighted by Gasteiger charge is 2.33. The number of rotatable bonds is 6. The van der Waals surface area contributed by atoms with Crippen molar-refractivity contribution in [3.8, 4) is 0 Å². The predicted octanol–water partition coefficient (Wildman–Crippen LogP) is 1.91. The van der Waals surface area contributed by atoms with Gasteiger partial charge in [0, 0.05) is 38.3 Å². The Morgan fingerprint density at radius 3 is 2.39 bits per heavy atom. The van der Waals surface area contributed by atoms with Crippen LogP contribution in [0.1, 0.15) is 58.8 Å². The Bertz CT molecular complexity index is 354. The molecule has 0 bridgehead atoms. The molecule has 2 rings (SSSR count). The lowest BCUT2D eigenvalue weighted by Gasteiger charge is -2.23. The molecule has 23 heavy (non-hydrogen) atoms. The number of amides is 1. The van der Waals surface area contributed by atoms with Crippen LogP contribution in [-0.2, 0) is 9.53 Å². The fourth-order valence-corrected chi connectivity index (χ4v) is 3.76. The number of nitrogens with one attached hydrogen (secondary N) is 2. The average molecular weight is 325 g/mol. The van der Waals surface area contributed by atoms with Crippen LogP contribution in [0.25, 0.3) is 0 Å². The second-order valence-corrected chi connectivity index (χ2v) is 7.42. The van der Waals surface area contributed by atoms with E-state index in [1.807, 2.05) is 0 Å². The molecule has 2 N–H and O–H groups in total. The maximum atomic E-state index is 12.2. The van der Waals surface area contributed by atoms with E-state index in [4.69, 9.17) is 4.74 Å². The van der Waals surface area contributed by atoms with E-state index in [1.165, 1.54) is 32.1 Å². The van der Waals surface area contributed by atoms with E-state index < -0.39 is 0 Å². The van der Waals surface area contributed by atoms with Gasteiger partial charge in [-0.25, -0.2) is 0 Å². The third-order valence-corrected chi connectivity index (χ3v) is 5.32. The zero-order chi connectivity index (χ0) is 16.7. The van der Waals surface area contributed by atoms with E-state index in [9.17, 15) is 4.79 Å². The lowest BCUT2D eigenvalue weighted by atomic mass is 9.97. The van der Waals surface area contributed by atoms with Gasteiger partial charge in [-0.2, -0.15) is 0 Å². The molecule has 1 aliphatic heterocycles. The van der Waals surface area contributed by atoms with Gasteiger partial charge in [0.1, 0.15) is 0 Å². The Morgan fingerprint density at radius 2 is 1.78 bits per heavy atom. The number of methoxy groups -OCH3 is 1. The summed E-state index contributed by atoms with van der Waals surface area (Å²) in [5.74, 6) is 0.133. The van der Waals surface area contributed by atoms with Crippen molar-refractivity contribution >= 4 is 5.91 Å². The Kier molecular flexibility index (Phi) is 7.80. The number of carbonyl (C=O) groups excluding carboxylic acids is 1. The molecule has 0 aromatic rings. The summed E-state index contributed by atoms with van der Waals surface area (Å²) < 4.78 is 5.58. The topological polar surface area (TPSA) is 53.6 Å². The normalized spacial score (nSPS) is 27.8. The average Bonchev–Trinajstić information content (AvgIpc) is 2.91. The van der Waals surface area contributed by atoms with E-state index in [-0.39, 0.29) is 18.1 Å². The van der Waals surface area contributed by atoms with Gasteiger partial charge in [0.15, 0.2) is 0 Å². The Labute approximate surface area is 141 Å². The summed E-state index contributed by atoms with van der Waals surface area (Å²) in [5.41, 5.74) is 0. The standard InChI is InChI=1S/C18H35N3O2/c1-14(2)21-12-16(17(13-21)23-3)19-11-18(22)20-15-9-7-5-4-6-8-10-15/h14-17,19H,4-13H2,1-3H3,(H,20,22)/t16-,17-/m0/s1. The molecular formula is C18H35N3O2. The third kappa shape index (κ3) is 6.05. The number of hydrogen-bond donors (Lipinski definition) is 2. The van der Waals surface area contributed by atoms with Crippen molar-refractivity contribution in [2.45, 2.75) is 83.0 Å². The first-order valence-electron chi connectivity index (χ1n) is 9.39. The smallest absolute Gasteiger partial charge is 0.234 e. The number of nitrogens with zero attached hydrogens (tertiary/aromatic N) is 1. The molecule has 0 radical (unpaired) electrons. The number of hydrogen-bond acceptors (Lipinski definition) is 4. The Hall–Kier alpha value is -0.650. The summed E-state index contributed by atoms with van der Waals surface area (Å²) in [5, 5.41) is 6.63. The van der Waals surface area contributed by atoms with Crippen LogP contribution in [0.5, 0.6) is 0 Å². The molecule has 1 amide bonds. The largest absolute Gasteiger partial charge is 0.378 e. The van der Waals surface area contributed by atoms with Crippen molar-refractivity contribution in [1.82, 2.24) is 15.5 Å². The highest BCUT2D eigenvalue weighted by molar-refractivity contribution is 5.78. The summed E-state index contributed by atoms with van der Waals surface area (Å²) in [6, 6.07) is 1.13. The zero-order valence-electron chi connectivity index (χ0n) is 15.1. The summed E-state index contributed by atoms with van der Waals surface area (Å²) >= 11 is 0. The predicted molar refractivity (Wildman–Crippen MR) is 93.5 cm³/mol. The summed E-state index contributed by atoms with van der Waals surface area (Å²) in [4.78, 5) is 14.6. The monoisotopic (exact) mass is 325 g/mol. The lowest BCUT2D eigenvalue weighted by Crippen LogP contribution is -2.47. The highest BCUT2D eigenvalue weighted by Crippen LogP contribution is 2.17. The fraction of sp³-hybridized carbons (Fsp3) is 0.944. The van der Waals surface area contributed by atoms with E-state index in [0.29, 0.717) is 18.6 Å². The number of ether oxygens (including phenoxy) is 1. The van der Waals surface area contributed by atoms with Gasteiger partial charge in [0.05, 0.1) is 12.6 Å². The molecule has 0 unspecified atom stereocenters. The zero-order valence-corrected chi connectivity index (χ0v) is 15.1. The van der Waals surface area contributed by atoms with Gasteiger partial charge in [-0.15, -0.1) is 0 Å². The van der Waals surface area contributed by atoms with Crippen molar-refractivity contribution in [2.24, 2.45) is 0 Å². The minimum atomic E-state index is 0.133. The van der Waals surface area contributed by atoms with Crippen LogP contribution in [0.15, 0.2) is 0 Å². The molecule has 1 aliphatic carbocycles. The molecule has 2 aliphatic rings. The van der Waals surface area contributed by atoms with Crippen LogP contribution >= 0.6 is 0 Å². The molecule has 5 heteroatoms. The van der Waals surface area contributed by atoms with Crippen molar-refractivity contribution in [3.05, 3.63) is 0 Å². The van der Waals surface area contributed by atoms with Gasteiger partial charge < -0.3 is 15.4 Å². The number of likely N-dealkylation sites (tertiary alicyclic amines) is 1. The molecule has 0 aromatic carbocycles. The van der Waals surface area contributed by atoms with Gasteiger partial charge in [-0.3, -0.25) is 9.69 Å². The minimum Gasteiger partial charge on any atom is -0.378 e. The quantitative estimate of drug-likeness (QED) is 0.783. The van der Waals surface area contributed by atoms with Crippen LogP contribution in [-0.4, -0.2) is 61.8 Å². The van der Waals surface area contributed by atoms with Crippen molar-refractivity contribution in [2.75, 3.05) is 26.7 Å². The maximum Gasteiger partial charge on any atom is 0.234 e.